The maximum atomic E-state index is 12.6. The van der Waals surface area contributed by atoms with E-state index in [-0.39, 0.29) is 16.9 Å². The number of amides is 2. The maximum Gasteiger partial charge on any atom is 0.269 e. The van der Waals surface area contributed by atoms with Crippen LogP contribution in [0, 0.1) is 16.0 Å². The number of hydrogen-bond acceptors (Lipinski definition) is 7. The van der Waals surface area contributed by atoms with Crippen LogP contribution in [0.2, 0.25) is 0 Å². The molecule has 30 heavy (non-hydrogen) atoms. The predicted octanol–water partition coefficient (Wildman–Crippen LogP) is 0.922. The standard InChI is InChI=1S/C18H18N4O7S/c1-29-13-7-5-12(6-8-13)21-30(27,28)14-4-2-3-11(9-14)17(23)19-20-18(24)15-10-16(15)22(25)26/h2-9,15-16,21H,10H2,1H3,(H,19,23)(H,20,24). The van der Waals surface area contributed by atoms with Gasteiger partial charge in [0.05, 0.1) is 12.0 Å². The van der Waals surface area contributed by atoms with Gasteiger partial charge >= 0.3 is 0 Å². The van der Waals surface area contributed by atoms with Crippen molar-refractivity contribution in [3.8, 4) is 5.75 Å². The van der Waals surface area contributed by atoms with Gasteiger partial charge in [-0.2, -0.15) is 0 Å². The number of methoxy groups -OCH3 is 1. The highest BCUT2D eigenvalue weighted by molar-refractivity contribution is 7.92. The topological polar surface area (TPSA) is 157 Å². The van der Waals surface area contributed by atoms with E-state index in [1.807, 2.05) is 0 Å². The van der Waals surface area contributed by atoms with Crippen LogP contribution >= 0.6 is 0 Å². The number of nitrogens with zero attached hydrogens (tertiary/aromatic N) is 1. The Morgan fingerprint density at radius 3 is 2.43 bits per heavy atom. The second kappa shape index (κ2) is 8.37. The normalized spacial score (nSPS) is 17.5. The number of sulfonamides is 1. The summed E-state index contributed by atoms with van der Waals surface area (Å²) in [7, 11) is -2.48. The fourth-order valence-corrected chi connectivity index (χ4v) is 3.76. The van der Waals surface area contributed by atoms with Crippen LogP contribution in [0.5, 0.6) is 5.75 Å². The number of carbonyl (C=O) groups excluding carboxylic acids is 2. The molecule has 1 saturated carbocycles. The van der Waals surface area contributed by atoms with Crippen LogP contribution in [0.4, 0.5) is 5.69 Å². The Hall–Kier alpha value is -3.67. The van der Waals surface area contributed by atoms with Gasteiger partial charge in [0.15, 0.2) is 0 Å². The van der Waals surface area contributed by atoms with Crippen molar-refractivity contribution in [2.75, 3.05) is 11.8 Å². The summed E-state index contributed by atoms with van der Waals surface area (Å²) in [5, 5.41) is 10.6. The Labute approximate surface area is 171 Å². The fourth-order valence-electron chi connectivity index (χ4n) is 2.66. The first-order valence-corrected chi connectivity index (χ1v) is 10.2. The molecule has 0 radical (unpaired) electrons. The molecule has 2 aromatic rings. The SMILES string of the molecule is COc1ccc(NS(=O)(=O)c2cccc(C(=O)NNC(=O)C3CC3[N+](=O)[O-])c2)cc1. The molecule has 2 atom stereocenters. The monoisotopic (exact) mass is 434 g/mol. The fraction of sp³-hybridized carbons (Fsp3) is 0.222. The second-order valence-electron chi connectivity index (χ2n) is 6.50. The zero-order valence-corrected chi connectivity index (χ0v) is 16.5. The Morgan fingerprint density at radius 1 is 1.13 bits per heavy atom. The van der Waals surface area contributed by atoms with E-state index in [2.05, 4.69) is 15.6 Å². The first kappa shape index (κ1) is 21.0. The van der Waals surface area contributed by atoms with Crippen molar-refractivity contribution in [2.24, 2.45) is 5.92 Å². The van der Waals surface area contributed by atoms with Gasteiger partial charge in [-0.05, 0) is 42.5 Å². The van der Waals surface area contributed by atoms with E-state index in [1.165, 1.54) is 37.4 Å². The lowest BCUT2D eigenvalue weighted by Gasteiger charge is -2.10. The zero-order chi connectivity index (χ0) is 21.9. The number of ether oxygens (including phenoxy) is 1. The smallest absolute Gasteiger partial charge is 0.269 e. The minimum Gasteiger partial charge on any atom is -0.497 e. The van der Waals surface area contributed by atoms with E-state index >= 15 is 0 Å². The maximum absolute atomic E-state index is 12.6. The van der Waals surface area contributed by atoms with Crippen LogP contribution in [0.15, 0.2) is 53.4 Å². The van der Waals surface area contributed by atoms with Crippen molar-refractivity contribution in [1.29, 1.82) is 0 Å². The van der Waals surface area contributed by atoms with E-state index in [0.717, 1.165) is 6.07 Å². The van der Waals surface area contributed by atoms with Crippen LogP contribution in [0.3, 0.4) is 0 Å². The highest BCUT2D eigenvalue weighted by Crippen LogP contribution is 2.32. The van der Waals surface area contributed by atoms with Gasteiger partial charge in [-0.25, -0.2) is 8.42 Å². The first-order valence-electron chi connectivity index (χ1n) is 8.72. The third-order valence-corrected chi connectivity index (χ3v) is 5.79. The molecule has 0 spiro atoms. The van der Waals surface area contributed by atoms with Gasteiger partial charge in [0, 0.05) is 22.6 Å². The summed E-state index contributed by atoms with van der Waals surface area (Å²) in [6.07, 6.45) is 0.111. The summed E-state index contributed by atoms with van der Waals surface area (Å²) < 4.78 is 32.6. The van der Waals surface area contributed by atoms with Gasteiger partial charge < -0.3 is 4.74 Å². The molecule has 158 valence electrons. The summed E-state index contributed by atoms with van der Waals surface area (Å²) in [5.74, 6) is -1.66. The van der Waals surface area contributed by atoms with Crippen molar-refractivity contribution in [2.45, 2.75) is 17.4 Å². The highest BCUT2D eigenvalue weighted by Gasteiger charge is 2.53. The molecule has 3 N–H and O–H groups in total. The minimum absolute atomic E-state index is 0.0190. The molecule has 1 fully saturated rings. The Kier molecular flexibility index (Phi) is 5.87. The molecule has 2 amide bonds. The van der Waals surface area contributed by atoms with Gasteiger partial charge in [-0.1, -0.05) is 6.07 Å². The molecule has 1 aliphatic rings. The molecular formula is C18H18N4O7S. The van der Waals surface area contributed by atoms with E-state index in [4.69, 9.17) is 4.74 Å². The molecule has 0 aromatic heterocycles. The number of rotatable bonds is 7. The summed E-state index contributed by atoms with van der Waals surface area (Å²) in [6, 6.07) is 10.5. The lowest BCUT2D eigenvalue weighted by Crippen LogP contribution is -2.43. The van der Waals surface area contributed by atoms with Crippen LogP contribution in [-0.4, -0.2) is 38.3 Å². The van der Waals surface area contributed by atoms with Crippen molar-refractivity contribution in [3.63, 3.8) is 0 Å². The summed E-state index contributed by atoms with van der Waals surface area (Å²) in [4.78, 5) is 33.9. The van der Waals surface area contributed by atoms with E-state index in [9.17, 15) is 28.1 Å². The molecule has 12 heteroatoms. The molecule has 3 rings (SSSR count). The summed E-state index contributed by atoms with van der Waals surface area (Å²) >= 11 is 0. The summed E-state index contributed by atoms with van der Waals surface area (Å²) in [5.41, 5.74) is 4.54. The molecule has 1 aliphatic carbocycles. The Morgan fingerprint density at radius 2 is 1.83 bits per heavy atom. The first-order chi connectivity index (χ1) is 14.2. The van der Waals surface area contributed by atoms with Crippen molar-refractivity contribution < 1.29 is 27.7 Å². The van der Waals surface area contributed by atoms with E-state index in [1.54, 1.807) is 12.1 Å². The number of nitrogens with one attached hydrogen (secondary N) is 3. The van der Waals surface area contributed by atoms with Crippen LogP contribution in [0.1, 0.15) is 16.8 Å². The lowest BCUT2D eigenvalue weighted by molar-refractivity contribution is -0.497. The van der Waals surface area contributed by atoms with Gasteiger partial charge in [0.1, 0.15) is 11.7 Å². The van der Waals surface area contributed by atoms with Gasteiger partial charge in [-0.3, -0.25) is 35.3 Å². The minimum atomic E-state index is -3.97. The number of anilines is 1. The third kappa shape index (κ3) is 4.84. The highest BCUT2D eigenvalue weighted by atomic mass is 32.2. The van der Waals surface area contributed by atoms with Gasteiger partial charge in [0.2, 0.25) is 11.9 Å². The summed E-state index contributed by atoms with van der Waals surface area (Å²) in [6.45, 7) is 0. The van der Waals surface area contributed by atoms with Crippen molar-refractivity contribution in [3.05, 3.63) is 64.2 Å². The average molecular weight is 434 g/mol. The molecular weight excluding hydrogens is 416 g/mol. The van der Waals surface area contributed by atoms with Crippen molar-refractivity contribution >= 4 is 27.5 Å². The average Bonchev–Trinajstić information content (AvgIpc) is 3.53. The molecule has 2 unspecified atom stereocenters. The Bertz CT molecular complexity index is 1090. The van der Waals surface area contributed by atoms with E-state index in [0.29, 0.717) is 11.4 Å². The quantitative estimate of drug-likeness (QED) is 0.432. The number of hydrogen-bond donors (Lipinski definition) is 3. The van der Waals surface area contributed by atoms with Gasteiger partial charge in [-0.15, -0.1) is 0 Å². The Balaban J connectivity index is 1.64. The van der Waals surface area contributed by atoms with Gasteiger partial charge in [0.25, 0.3) is 15.9 Å². The molecule has 0 saturated heterocycles. The molecule has 11 nitrogen and oxygen atoms in total. The molecule has 2 aromatic carbocycles. The van der Waals surface area contributed by atoms with Crippen molar-refractivity contribution in [1.82, 2.24) is 10.9 Å². The molecule has 0 aliphatic heterocycles. The van der Waals surface area contributed by atoms with Crippen LogP contribution < -0.4 is 20.3 Å². The zero-order valence-electron chi connectivity index (χ0n) is 15.7. The molecule has 0 bridgehead atoms. The van der Waals surface area contributed by atoms with Crippen LogP contribution in [-0.2, 0) is 14.8 Å². The predicted molar refractivity (Wildman–Crippen MR) is 105 cm³/mol. The number of nitro groups is 1. The number of benzene rings is 2. The third-order valence-electron chi connectivity index (χ3n) is 4.41. The molecule has 0 heterocycles. The number of carbonyl (C=O) groups is 2. The van der Waals surface area contributed by atoms with Crippen LogP contribution in [0.25, 0.3) is 0 Å². The van der Waals surface area contributed by atoms with E-state index < -0.39 is 38.7 Å². The number of hydrazine groups is 1. The largest absolute Gasteiger partial charge is 0.497 e. The second-order valence-corrected chi connectivity index (χ2v) is 8.18. The lowest BCUT2D eigenvalue weighted by atomic mass is 10.2.